The van der Waals surface area contributed by atoms with Crippen molar-refractivity contribution in [3.05, 3.63) is 33.8 Å². The number of rotatable bonds is 2. The summed E-state index contributed by atoms with van der Waals surface area (Å²) >= 11 is 13.3. The number of hydrogen-bond acceptors (Lipinski definition) is 3. The Balaban J connectivity index is 2.88. The maximum atomic E-state index is 7.53. The second-order valence-electron chi connectivity index (χ2n) is 2.91. The van der Waals surface area contributed by atoms with E-state index in [4.69, 9.17) is 28.6 Å². The second-order valence-corrected chi connectivity index (χ2v) is 4.52. The summed E-state index contributed by atoms with van der Waals surface area (Å²) in [6.45, 7) is 0. The molecule has 0 bridgehead atoms. The molecule has 0 amide bonds. The summed E-state index contributed by atoms with van der Waals surface area (Å²) in [7, 11) is 1.69. The quantitative estimate of drug-likeness (QED) is 0.509. The van der Waals surface area contributed by atoms with Gasteiger partial charge in [-0.2, -0.15) is 5.10 Å². The molecule has 0 aliphatic carbocycles. The molecule has 1 aromatic rings. The van der Waals surface area contributed by atoms with Crippen LogP contribution in [-0.4, -0.2) is 29.7 Å². The van der Waals surface area contributed by atoms with E-state index in [0.29, 0.717) is 20.8 Å². The van der Waals surface area contributed by atoms with Crippen molar-refractivity contribution in [1.82, 2.24) is 5.01 Å². The molecule has 0 saturated carbocycles. The van der Waals surface area contributed by atoms with Crippen LogP contribution in [-0.2, 0) is 0 Å². The molecule has 0 radical (unpaired) electrons. The summed E-state index contributed by atoms with van der Waals surface area (Å²) in [4.78, 5) is 0. The van der Waals surface area contributed by atoms with E-state index in [1.54, 1.807) is 31.5 Å². The largest absolute Gasteiger partial charge is 0.277 e. The highest BCUT2D eigenvalue weighted by atomic mass is 35.5. The van der Waals surface area contributed by atoms with E-state index in [0.717, 1.165) is 0 Å². The van der Waals surface area contributed by atoms with Gasteiger partial charge in [0.1, 0.15) is 0 Å². The molecule has 6 heteroatoms. The van der Waals surface area contributed by atoms with E-state index in [9.17, 15) is 0 Å². The molecule has 0 aliphatic rings. The first-order chi connectivity index (χ1) is 7.56. The second kappa shape index (κ2) is 6.13. The normalized spacial score (nSPS) is 10.8. The van der Waals surface area contributed by atoms with Crippen LogP contribution in [0, 0.1) is 5.41 Å². The number of amidine groups is 1. The summed E-state index contributed by atoms with van der Waals surface area (Å²) in [6, 6.07) is 5.26. The van der Waals surface area contributed by atoms with Gasteiger partial charge in [-0.1, -0.05) is 41.0 Å². The lowest BCUT2D eigenvalue weighted by Gasteiger charge is -2.11. The fourth-order valence-electron chi connectivity index (χ4n) is 0.963. The third-order valence-electron chi connectivity index (χ3n) is 1.85. The maximum absolute atomic E-state index is 7.53. The van der Waals surface area contributed by atoms with Crippen LogP contribution in [0.15, 0.2) is 23.3 Å². The minimum Gasteiger partial charge on any atom is -0.277 e. The lowest BCUT2D eigenvalue weighted by atomic mass is 10.2. The number of nitrogens with one attached hydrogen (secondary N) is 1. The molecule has 1 rings (SSSR count). The van der Waals surface area contributed by atoms with Crippen LogP contribution >= 0.6 is 35.0 Å². The van der Waals surface area contributed by atoms with Crippen molar-refractivity contribution in [2.45, 2.75) is 0 Å². The van der Waals surface area contributed by atoms with Gasteiger partial charge in [0.05, 0.1) is 16.3 Å². The molecule has 0 aromatic heterocycles. The molecule has 0 aliphatic heterocycles. The Morgan fingerprint density at radius 2 is 2.00 bits per heavy atom. The number of hydrogen-bond donors (Lipinski definition) is 1. The van der Waals surface area contributed by atoms with Gasteiger partial charge in [-0.05, 0) is 18.4 Å². The van der Waals surface area contributed by atoms with Gasteiger partial charge >= 0.3 is 0 Å². The van der Waals surface area contributed by atoms with Gasteiger partial charge in [0, 0.05) is 12.6 Å². The minimum atomic E-state index is 0.347. The van der Waals surface area contributed by atoms with Gasteiger partial charge in [-0.15, -0.1) is 0 Å². The van der Waals surface area contributed by atoms with Gasteiger partial charge < -0.3 is 0 Å². The van der Waals surface area contributed by atoms with Crippen molar-refractivity contribution in [2.75, 3.05) is 13.3 Å². The lowest BCUT2D eigenvalue weighted by Crippen LogP contribution is -2.16. The average Bonchev–Trinajstić information content (AvgIpc) is 2.27. The average molecular weight is 276 g/mol. The van der Waals surface area contributed by atoms with Gasteiger partial charge in [0.15, 0.2) is 5.17 Å². The number of hydrazone groups is 1. The summed E-state index contributed by atoms with van der Waals surface area (Å²) in [6.07, 6.45) is 3.37. The Morgan fingerprint density at radius 3 is 2.50 bits per heavy atom. The molecule has 3 nitrogen and oxygen atoms in total. The van der Waals surface area contributed by atoms with Crippen molar-refractivity contribution in [1.29, 1.82) is 5.41 Å². The third kappa shape index (κ3) is 3.40. The Kier molecular flexibility index (Phi) is 5.12. The molecule has 0 fully saturated rings. The molecule has 1 aromatic carbocycles. The van der Waals surface area contributed by atoms with E-state index in [1.807, 2.05) is 6.26 Å². The van der Waals surface area contributed by atoms with Gasteiger partial charge in [0.2, 0.25) is 0 Å². The molecule has 0 unspecified atom stereocenters. The van der Waals surface area contributed by atoms with Gasteiger partial charge in [0.25, 0.3) is 0 Å². The third-order valence-corrected chi connectivity index (χ3v) is 3.16. The number of nitrogens with zero attached hydrogens (tertiary/aromatic N) is 2. The van der Waals surface area contributed by atoms with Gasteiger partial charge in [-0.25, -0.2) is 5.01 Å². The molecular formula is C10H11Cl2N3S. The highest BCUT2D eigenvalue weighted by Crippen LogP contribution is 2.22. The van der Waals surface area contributed by atoms with Crippen LogP contribution in [0.2, 0.25) is 10.0 Å². The highest BCUT2D eigenvalue weighted by Gasteiger charge is 2.03. The van der Waals surface area contributed by atoms with Crippen LogP contribution < -0.4 is 0 Å². The Hall–Kier alpha value is -0.710. The maximum Gasteiger partial charge on any atom is 0.176 e. The van der Waals surface area contributed by atoms with Crippen molar-refractivity contribution in [3.63, 3.8) is 0 Å². The smallest absolute Gasteiger partial charge is 0.176 e. The molecule has 0 spiro atoms. The fourth-order valence-corrected chi connectivity index (χ4v) is 1.77. The molecule has 0 heterocycles. The van der Waals surface area contributed by atoms with E-state index < -0.39 is 0 Å². The monoisotopic (exact) mass is 275 g/mol. The van der Waals surface area contributed by atoms with Crippen molar-refractivity contribution in [2.24, 2.45) is 5.10 Å². The van der Waals surface area contributed by atoms with Crippen molar-refractivity contribution >= 4 is 46.3 Å². The Morgan fingerprint density at radius 1 is 1.44 bits per heavy atom. The molecule has 0 saturated heterocycles. The van der Waals surface area contributed by atoms with Gasteiger partial charge in [-0.3, -0.25) is 5.41 Å². The summed E-state index contributed by atoms with van der Waals surface area (Å²) in [5, 5.41) is 14.5. The van der Waals surface area contributed by atoms with E-state index in [-0.39, 0.29) is 0 Å². The zero-order chi connectivity index (χ0) is 12.1. The first kappa shape index (κ1) is 13.4. The van der Waals surface area contributed by atoms with Crippen molar-refractivity contribution in [3.8, 4) is 0 Å². The van der Waals surface area contributed by atoms with Crippen LogP contribution in [0.3, 0.4) is 0 Å². The van der Waals surface area contributed by atoms with Crippen LogP contribution in [0.1, 0.15) is 5.56 Å². The number of halogens is 2. The first-order valence-corrected chi connectivity index (χ1v) is 6.38. The Bertz CT molecular complexity index is 400. The van der Waals surface area contributed by atoms with Crippen LogP contribution in [0.25, 0.3) is 0 Å². The summed E-state index contributed by atoms with van der Waals surface area (Å²) in [5.74, 6) is 0. The zero-order valence-electron chi connectivity index (χ0n) is 8.87. The van der Waals surface area contributed by atoms with Crippen LogP contribution in [0.5, 0.6) is 0 Å². The Labute approximate surface area is 109 Å². The number of thioether (sulfide) groups is 1. The predicted molar refractivity (Wildman–Crippen MR) is 73.1 cm³/mol. The van der Waals surface area contributed by atoms with E-state index in [1.165, 1.54) is 16.8 Å². The molecule has 86 valence electrons. The summed E-state index contributed by atoms with van der Waals surface area (Å²) < 4.78 is 0. The van der Waals surface area contributed by atoms with E-state index in [2.05, 4.69) is 5.10 Å². The lowest BCUT2D eigenvalue weighted by molar-refractivity contribution is 0.556. The minimum absolute atomic E-state index is 0.347. The first-order valence-electron chi connectivity index (χ1n) is 4.40. The molecule has 16 heavy (non-hydrogen) atoms. The number of benzene rings is 1. The standard InChI is InChI=1S/C10H11Cl2N3S/c1-15(10(13)16-2)14-6-7-8(11)4-3-5-9(7)12/h3-6,13H,1-2H3/b13-10?,14-6+. The fraction of sp³-hybridized carbons (Fsp3) is 0.200. The predicted octanol–water partition coefficient (Wildman–Crippen LogP) is 3.56. The highest BCUT2D eigenvalue weighted by molar-refractivity contribution is 8.13. The summed E-state index contributed by atoms with van der Waals surface area (Å²) in [5.41, 5.74) is 0.659. The molecule has 0 atom stereocenters. The molecule has 1 N–H and O–H groups in total. The van der Waals surface area contributed by atoms with E-state index >= 15 is 0 Å². The zero-order valence-corrected chi connectivity index (χ0v) is 11.2. The SMILES string of the molecule is CSC(=N)N(C)/N=C/c1c(Cl)cccc1Cl. The topological polar surface area (TPSA) is 39.5 Å². The van der Waals surface area contributed by atoms with Crippen LogP contribution in [0.4, 0.5) is 0 Å². The molecular weight excluding hydrogens is 265 g/mol. The van der Waals surface area contributed by atoms with Crippen molar-refractivity contribution < 1.29 is 0 Å².